The molecule has 0 radical (unpaired) electrons. The zero-order valence-corrected chi connectivity index (χ0v) is 29.6. The molecular weight excluding hydrogens is 622 g/mol. The highest BCUT2D eigenvalue weighted by Gasteiger charge is 2.38. The molecule has 2 unspecified atom stereocenters. The first-order valence-electron chi connectivity index (χ1n) is 17.4. The van der Waals surface area contributed by atoms with Gasteiger partial charge < -0.3 is 30.2 Å². The molecule has 3 N–H and O–H groups in total. The van der Waals surface area contributed by atoms with E-state index in [1.165, 1.54) is 12.5 Å². The summed E-state index contributed by atoms with van der Waals surface area (Å²) >= 11 is 0. The average molecular weight is 676 g/mol. The molecule has 10 nitrogen and oxygen atoms in total. The SMILES string of the molecule is C=C1CCC(N2Cc3c(CCCOCCOCCCc4cccc(C(C)=O)c4CC)cccc3C2=O)C(=O)N1.CC(=O)CCC(C)C(N)=O. The second-order valence-electron chi connectivity index (χ2n) is 12.9. The summed E-state index contributed by atoms with van der Waals surface area (Å²) in [5.74, 6) is -0.490. The fraction of sp³-hybridized carbons (Fsp3) is 0.513. The minimum Gasteiger partial charge on any atom is -0.379 e. The lowest BCUT2D eigenvalue weighted by Crippen LogP contribution is -2.49. The molecule has 1 saturated heterocycles. The van der Waals surface area contributed by atoms with Gasteiger partial charge in [-0.3, -0.25) is 19.2 Å². The predicted octanol–water partition coefficient (Wildman–Crippen LogP) is 5.28. The van der Waals surface area contributed by atoms with Gasteiger partial charge in [-0.05, 0) is 93.5 Å². The normalized spacial score (nSPS) is 16.0. The van der Waals surface area contributed by atoms with Crippen LogP contribution in [0.3, 0.4) is 0 Å². The van der Waals surface area contributed by atoms with Gasteiger partial charge in [0.25, 0.3) is 5.91 Å². The molecule has 2 aliphatic heterocycles. The van der Waals surface area contributed by atoms with Crippen LogP contribution in [0.5, 0.6) is 0 Å². The number of piperidine rings is 1. The van der Waals surface area contributed by atoms with Crippen molar-refractivity contribution >= 4 is 29.3 Å². The van der Waals surface area contributed by atoms with E-state index < -0.39 is 6.04 Å². The summed E-state index contributed by atoms with van der Waals surface area (Å²) in [7, 11) is 0. The maximum Gasteiger partial charge on any atom is 0.255 e. The Kier molecular flexibility index (Phi) is 15.8. The summed E-state index contributed by atoms with van der Waals surface area (Å²) < 4.78 is 11.5. The van der Waals surface area contributed by atoms with E-state index in [-0.39, 0.29) is 35.2 Å². The van der Waals surface area contributed by atoms with Crippen molar-refractivity contribution in [3.05, 3.63) is 82.1 Å². The third-order valence-corrected chi connectivity index (χ3v) is 9.05. The Labute approximate surface area is 290 Å². The number of hydrogen-bond acceptors (Lipinski definition) is 7. The first kappa shape index (κ1) is 39.3. The number of aryl methyl sites for hydroxylation is 2. The second kappa shape index (κ2) is 19.7. The Bertz CT molecular complexity index is 1500. The smallest absolute Gasteiger partial charge is 0.255 e. The van der Waals surface area contributed by atoms with Gasteiger partial charge in [-0.2, -0.15) is 0 Å². The zero-order chi connectivity index (χ0) is 35.9. The molecule has 2 aliphatic rings. The number of ketones is 2. The molecule has 0 aliphatic carbocycles. The molecule has 49 heavy (non-hydrogen) atoms. The number of allylic oxidation sites excluding steroid dienone is 1. The lowest BCUT2D eigenvalue weighted by Gasteiger charge is -2.31. The van der Waals surface area contributed by atoms with Crippen LogP contribution in [-0.4, -0.2) is 66.7 Å². The first-order valence-corrected chi connectivity index (χ1v) is 17.4. The first-order chi connectivity index (χ1) is 23.4. The monoisotopic (exact) mass is 675 g/mol. The molecule has 0 bridgehead atoms. The fourth-order valence-electron chi connectivity index (χ4n) is 6.19. The summed E-state index contributed by atoms with van der Waals surface area (Å²) in [6.07, 6.45) is 6.65. The molecule has 4 rings (SSSR count). The fourth-order valence-corrected chi connectivity index (χ4v) is 6.19. The standard InChI is InChI=1S/C32H40N2O5.C7H13NO2/c1-4-26-24(9-5-13-27(26)23(3)35)11-7-17-38-19-20-39-18-8-12-25-10-6-14-28-29(25)21-34(32(28)37)30-16-15-22(2)33-31(30)36;1-5(7(8)10)3-4-6(2)9/h5-6,9-10,13-14,30H,2,4,7-8,11-12,15-21H2,1,3H3,(H,33,36);5H,3-4H2,1-2H3,(H2,8,10). The summed E-state index contributed by atoms with van der Waals surface area (Å²) in [5.41, 5.74) is 11.8. The maximum absolute atomic E-state index is 13.0. The number of primary amides is 1. The number of nitrogens with two attached hydrogens (primary N) is 1. The number of carbonyl (C=O) groups is 5. The van der Waals surface area contributed by atoms with E-state index in [2.05, 4.69) is 31.0 Å². The van der Waals surface area contributed by atoms with Crippen LogP contribution in [0.2, 0.25) is 0 Å². The van der Waals surface area contributed by atoms with Crippen molar-refractivity contribution in [2.75, 3.05) is 26.4 Å². The van der Waals surface area contributed by atoms with Crippen molar-refractivity contribution in [2.24, 2.45) is 11.7 Å². The van der Waals surface area contributed by atoms with Crippen LogP contribution in [-0.2, 0) is 49.7 Å². The highest BCUT2D eigenvalue weighted by atomic mass is 16.5. The third kappa shape index (κ3) is 11.7. The van der Waals surface area contributed by atoms with Crippen molar-refractivity contribution in [3.63, 3.8) is 0 Å². The van der Waals surface area contributed by atoms with Gasteiger partial charge in [0, 0.05) is 48.9 Å². The lowest BCUT2D eigenvalue weighted by atomic mass is 9.94. The van der Waals surface area contributed by atoms with Gasteiger partial charge in [0.2, 0.25) is 11.8 Å². The summed E-state index contributed by atoms with van der Waals surface area (Å²) in [5, 5.41) is 2.79. The number of hydrogen-bond donors (Lipinski definition) is 2. The zero-order valence-electron chi connectivity index (χ0n) is 29.6. The Balaban J connectivity index is 0.000000565. The van der Waals surface area contributed by atoms with Crippen molar-refractivity contribution in [3.8, 4) is 0 Å². The molecule has 2 heterocycles. The van der Waals surface area contributed by atoms with Gasteiger partial charge in [-0.15, -0.1) is 0 Å². The number of amides is 3. The van der Waals surface area contributed by atoms with Gasteiger partial charge in [-0.1, -0.05) is 50.8 Å². The highest BCUT2D eigenvalue weighted by molar-refractivity contribution is 6.01. The van der Waals surface area contributed by atoms with E-state index in [1.54, 1.807) is 18.7 Å². The lowest BCUT2D eigenvalue weighted by molar-refractivity contribution is -0.126. The minimum absolute atomic E-state index is 0.0645. The third-order valence-electron chi connectivity index (χ3n) is 9.05. The number of benzene rings is 2. The number of rotatable bonds is 18. The van der Waals surface area contributed by atoms with E-state index in [1.807, 2.05) is 24.3 Å². The van der Waals surface area contributed by atoms with Gasteiger partial charge in [0.1, 0.15) is 11.8 Å². The Morgan fingerprint density at radius 2 is 1.61 bits per heavy atom. The molecule has 2 atom stereocenters. The van der Waals surface area contributed by atoms with Crippen LogP contribution in [0.25, 0.3) is 0 Å². The van der Waals surface area contributed by atoms with Gasteiger partial charge in [0.15, 0.2) is 5.78 Å². The minimum atomic E-state index is -0.439. The summed E-state index contributed by atoms with van der Waals surface area (Å²) in [6, 6.07) is 11.4. The van der Waals surface area contributed by atoms with Crippen molar-refractivity contribution in [2.45, 2.75) is 98.1 Å². The van der Waals surface area contributed by atoms with Crippen molar-refractivity contribution in [1.29, 1.82) is 0 Å². The number of ether oxygens (including phenoxy) is 2. The van der Waals surface area contributed by atoms with Crippen LogP contribution < -0.4 is 11.1 Å². The maximum atomic E-state index is 13.0. The van der Waals surface area contributed by atoms with Crippen LogP contribution in [0.4, 0.5) is 0 Å². The van der Waals surface area contributed by atoms with Crippen molar-refractivity contribution in [1.82, 2.24) is 10.2 Å². The van der Waals surface area contributed by atoms with Crippen LogP contribution >= 0.6 is 0 Å². The van der Waals surface area contributed by atoms with E-state index in [9.17, 15) is 24.0 Å². The van der Waals surface area contributed by atoms with Crippen LogP contribution in [0, 0.1) is 5.92 Å². The number of Topliss-reactive ketones (excluding diaryl/α,β-unsaturated/α-hetero) is 2. The van der Waals surface area contributed by atoms with Gasteiger partial charge in [0.05, 0.1) is 13.2 Å². The molecule has 0 spiro atoms. The molecule has 2 aromatic rings. The quantitative estimate of drug-likeness (QED) is 0.162. The van der Waals surface area contributed by atoms with E-state index >= 15 is 0 Å². The van der Waals surface area contributed by atoms with Gasteiger partial charge >= 0.3 is 0 Å². The summed E-state index contributed by atoms with van der Waals surface area (Å²) in [6.45, 7) is 13.6. The molecule has 2 aromatic carbocycles. The largest absolute Gasteiger partial charge is 0.379 e. The Morgan fingerprint density at radius 1 is 0.980 bits per heavy atom. The van der Waals surface area contributed by atoms with E-state index in [0.717, 1.165) is 54.4 Å². The topological polar surface area (TPSA) is 145 Å². The molecule has 10 heteroatoms. The second-order valence-corrected chi connectivity index (χ2v) is 12.9. The number of nitrogens with one attached hydrogen (secondary N) is 1. The predicted molar refractivity (Wildman–Crippen MR) is 189 cm³/mol. The van der Waals surface area contributed by atoms with Crippen LogP contribution in [0.15, 0.2) is 48.7 Å². The number of fused-ring (bicyclic) bond motifs is 1. The number of nitrogens with zero attached hydrogens (tertiary/aromatic N) is 1. The molecule has 0 aromatic heterocycles. The average Bonchev–Trinajstić information content (AvgIpc) is 3.40. The van der Waals surface area contributed by atoms with Gasteiger partial charge in [-0.25, -0.2) is 0 Å². The van der Waals surface area contributed by atoms with Crippen LogP contribution in [0.1, 0.15) is 109 Å². The Hall–Kier alpha value is -4.15. The molecule has 0 saturated carbocycles. The highest BCUT2D eigenvalue weighted by Crippen LogP contribution is 2.31. The molecule has 3 amide bonds. The molecule has 266 valence electrons. The molecular formula is C39H53N3O7. The van der Waals surface area contributed by atoms with E-state index in [0.29, 0.717) is 69.9 Å². The van der Waals surface area contributed by atoms with E-state index in [4.69, 9.17) is 15.2 Å². The Morgan fingerprint density at radius 3 is 2.20 bits per heavy atom. The molecule has 1 fully saturated rings. The summed E-state index contributed by atoms with van der Waals surface area (Å²) in [4.78, 5) is 59.9. The number of carbonyl (C=O) groups excluding carboxylic acids is 5. The van der Waals surface area contributed by atoms with Crippen molar-refractivity contribution < 1.29 is 33.4 Å².